The van der Waals surface area contributed by atoms with Crippen LogP contribution in [0, 0.1) is 12.7 Å². The Hall–Kier alpha value is -2.40. The minimum atomic E-state index is -0.411. The van der Waals surface area contributed by atoms with E-state index < -0.39 is 5.82 Å². The smallest absolute Gasteiger partial charge is 0.265 e. The van der Waals surface area contributed by atoms with Crippen molar-refractivity contribution in [2.45, 2.75) is 13.5 Å². The topological polar surface area (TPSA) is 64.3 Å². The fourth-order valence-electron chi connectivity index (χ4n) is 1.77. The van der Waals surface area contributed by atoms with Gasteiger partial charge in [-0.25, -0.2) is 10.2 Å². The van der Waals surface area contributed by atoms with E-state index >= 15 is 0 Å². The number of aryl methyl sites for hydroxylation is 1. The Morgan fingerprint density at radius 2 is 2.10 bits per heavy atom. The zero-order chi connectivity index (χ0) is 14.5. The van der Waals surface area contributed by atoms with Crippen LogP contribution in [0.1, 0.15) is 21.5 Å². The number of nitrogen functional groups attached to an aromatic ring is 1. The molecule has 3 N–H and O–H groups in total. The highest BCUT2D eigenvalue weighted by Gasteiger charge is 2.06. The summed E-state index contributed by atoms with van der Waals surface area (Å²) in [5, 5.41) is 0. The summed E-state index contributed by atoms with van der Waals surface area (Å²) in [6.07, 6.45) is 0. The summed E-state index contributed by atoms with van der Waals surface area (Å²) in [6, 6.07) is 11.5. The lowest BCUT2D eigenvalue weighted by Crippen LogP contribution is -2.30. The van der Waals surface area contributed by atoms with Crippen LogP contribution >= 0.6 is 0 Å². The number of carbonyl (C=O) groups excluding carboxylic acids is 1. The maximum atomic E-state index is 13.5. The van der Waals surface area contributed by atoms with Crippen molar-refractivity contribution in [2.24, 2.45) is 5.84 Å². The minimum Gasteiger partial charge on any atom is -0.486 e. The van der Waals surface area contributed by atoms with Crippen LogP contribution in [0.15, 0.2) is 42.5 Å². The van der Waals surface area contributed by atoms with E-state index in [1.165, 1.54) is 6.07 Å². The zero-order valence-electron chi connectivity index (χ0n) is 11.0. The predicted octanol–water partition coefficient (Wildman–Crippen LogP) is 2.32. The Balaban J connectivity index is 2.11. The number of ether oxygens (including phenoxy) is 1. The third kappa shape index (κ3) is 3.33. The molecule has 0 bridgehead atoms. The number of hydrazine groups is 1. The van der Waals surface area contributed by atoms with E-state index in [-0.39, 0.29) is 18.3 Å². The fourth-order valence-corrected chi connectivity index (χ4v) is 1.77. The monoisotopic (exact) mass is 274 g/mol. The molecule has 0 saturated heterocycles. The summed E-state index contributed by atoms with van der Waals surface area (Å²) in [4.78, 5) is 11.4. The number of hydrogen-bond acceptors (Lipinski definition) is 3. The van der Waals surface area contributed by atoms with Gasteiger partial charge in [-0.15, -0.1) is 0 Å². The van der Waals surface area contributed by atoms with Crippen molar-refractivity contribution in [1.29, 1.82) is 0 Å². The van der Waals surface area contributed by atoms with Crippen LogP contribution in [0.5, 0.6) is 5.75 Å². The van der Waals surface area contributed by atoms with Crippen LogP contribution < -0.4 is 16.0 Å². The lowest BCUT2D eigenvalue weighted by Gasteiger charge is -2.09. The molecule has 1 amide bonds. The molecule has 2 rings (SSSR count). The summed E-state index contributed by atoms with van der Waals surface area (Å²) in [5.41, 5.74) is 4.16. The highest BCUT2D eigenvalue weighted by atomic mass is 19.1. The van der Waals surface area contributed by atoms with Gasteiger partial charge in [0.2, 0.25) is 0 Å². The number of nitrogens with two attached hydrogens (primary N) is 1. The van der Waals surface area contributed by atoms with E-state index in [2.05, 4.69) is 5.43 Å². The van der Waals surface area contributed by atoms with Gasteiger partial charge < -0.3 is 4.74 Å². The molecule has 0 saturated carbocycles. The van der Waals surface area contributed by atoms with E-state index in [0.717, 1.165) is 11.1 Å². The molecule has 20 heavy (non-hydrogen) atoms. The molecule has 0 radical (unpaired) electrons. The maximum Gasteiger partial charge on any atom is 0.265 e. The molecule has 5 heteroatoms. The van der Waals surface area contributed by atoms with Crippen LogP contribution in [0.2, 0.25) is 0 Å². The number of carbonyl (C=O) groups is 1. The third-order valence-electron chi connectivity index (χ3n) is 2.80. The Bertz CT molecular complexity index is 629. The van der Waals surface area contributed by atoms with Crippen molar-refractivity contribution in [3.8, 4) is 5.75 Å². The summed E-state index contributed by atoms with van der Waals surface area (Å²) in [6.45, 7) is 2.03. The Morgan fingerprint density at radius 1 is 1.30 bits per heavy atom. The van der Waals surface area contributed by atoms with Gasteiger partial charge in [0.25, 0.3) is 5.91 Å². The molecular weight excluding hydrogens is 259 g/mol. The van der Waals surface area contributed by atoms with E-state index in [4.69, 9.17) is 10.6 Å². The first-order valence-corrected chi connectivity index (χ1v) is 6.09. The number of benzene rings is 2. The average molecular weight is 274 g/mol. The van der Waals surface area contributed by atoms with Crippen molar-refractivity contribution < 1.29 is 13.9 Å². The van der Waals surface area contributed by atoms with Crippen LogP contribution in [-0.4, -0.2) is 5.91 Å². The molecule has 104 valence electrons. The number of halogens is 1. The molecular formula is C15H15FN2O2. The number of nitrogens with one attached hydrogen (secondary N) is 1. The third-order valence-corrected chi connectivity index (χ3v) is 2.80. The van der Waals surface area contributed by atoms with Crippen LogP contribution in [-0.2, 0) is 6.61 Å². The summed E-state index contributed by atoms with van der Waals surface area (Å²) >= 11 is 0. The molecule has 0 spiro atoms. The molecule has 0 heterocycles. The standard InChI is InChI=1S/C15H15FN2O2/c1-10-5-6-13(16)14(7-10)20-9-11-3-2-4-12(8-11)15(19)18-17/h2-8H,9,17H2,1H3,(H,18,19). The van der Waals surface area contributed by atoms with Gasteiger partial charge in [-0.05, 0) is 42.3 Å². The number of hydrogen-bond donors (Lipinski definition) is 2. The van der Waals surface area contributed by atoms with Crippen molar-refractivity contribution >= 4 is 5.91 Å². The Labute approximate surface area is 116 Å². The van der Waals surface area contributed by atoms with E-state index in [1.54, 1.807) is 36.4 Å². The molecule has 0 atom stereocenters. The van der Waals surface area contributed by atoms with E-state index in [0.29, 0.717) is 5.56 Å². The number of rotatable bonds is 4. The summed E-state index contributed by atoms with van der Waals surface area (Å²) in [7, 11) is 0. The first kappa shape index (κ1) is 14.0. The highest BCUT2D eigenvalue weighted by molar-refractivity contribution is 5.93. The first-order chi connectivity index (χ1) is 9.60. The summed E-state index contributed by atoms with van der Waals surface area (Å²) in [5.74, 6) is 4.48. The fraction of sp³-hybridized carbons (Fsp3) is 0.133. The molecule has 0 aliphatic rings. The van der Waals surface area contributed by atoms with Crippen molar-refractivity contribution in [3.05, 3.63) is 65.0 Å². The Kier molecular flexibility index (Phi) is 4.32. The molecule has 4 nitrogen and oxygen atoms in total. The van der Waals surface area contributed by atoms with Crippen molar-refractivity contribution in [2.75, 3.05) is 0 Å². The quantitative estimate of drug-likeness (QED) is 0.511. The van der Waals surface area contributed by atoms with Gasteiger partial charge in [-0.3, -0.25) is 10.2 Å². The maximum absolute atomic E-state index is 13.5. The minimum absolute atomic E-state index is 0.173. The van der Waals surface area contributed by atoms with Crippen LogP contribution in [0.3, 0.4) is 0 Å². The van der Waals surface area contributed by atoms with Gasteiger partial charge >= 0.3 is 0 Å². The second kappa shape index (κ2) is 6.16. The molecule has 0 unspecified atom stereocenters. The highest BCUT2D eigenvalue weighted by Crippen LogP contribution is 2.19. The van der Waals surface area contributed by atoms with Gasteiger partial charge in [0.1, 0.15) is 6.61 Å². The molecule has 0 aliphatic carbocycles. The van der Waals surface area contributed by atoms with Gasteiger partial charge in [-0.2, -0.15) is 0 Å². The van der Waals surface area contributed by atoms with Gasteiger partial charge in [0, 0.05) is 5.56 Å². The van der Waals surface area contributed by atoms with Gasteiger partial charge in [0.05, 0.1) is 0 Å². The molecule has 0 fully saturated rings. The van der Waals surface area contributed by atoms with E-state index in [1.807, 2.05) is 6.92 Å². The normalized spacial score (nSPS) is 10.2. The molecule has 0 aliphatic heterocycles. The second-order valence-electron chi connectivity index (χ2n) is 4.40. The first-order valence-electron chi connectivity index (χ1n) is 6.09. The van der Waals surface area contributed by atoms with Crippen molar-refractivity contribution in [1.82, 2.24) is 5.43 Å². The lowest BCUT2D eigenvalue weighted by molar-refractivity contribution is 0.0953. The molecule has 2 aromatic rings. The largest absolute Gasteiger partial charge is 0.486 e. The van der Waals surface area contributed by atoms with E-state index in [9.17, 15) is 9.18 Å². The van der Waals surface area contributed by atoms with Crippen LogP contribution in [0.25, 0.3) is 0 Å². The van der Waals surface area contributed by atoms with Gasteiger partial charge in [-0.1, -0.05) is 18.2 Å². The number of amides is 1. The molecule has 0 aromatic heterocycles. The predicted molar refractivity (Wildman–Crippen MR) is 73.6 cm³/mol. The van der Waals surface area contributed by atoms with Crippen molar-refractivity contribution in [3.63, 3.8) is 0 Å². The van der Waals surface area contributed by atoms with Gasteiger partial charge in [0.15, 0.2) is 11.6 Å². The molecule has 2 aromatic carbocycles. The Morgan fingerprint density at radius 3 is 2.85 bits per heavy atom. The SMILES string of the molecule is Cc1ccc(F)c(OCc2cccc(C(=O)NN)c2)c1. The second-order valence-corrected chi connectivity index (χ2v) is 4.40. The zero-order valence-corrected chi connectivity index (χ0v) is 11.0. The summed E-state index contributed by atoms with van der Waals surface area (Å²) < 4.78 is 19.0. The van der Waals surface area contributed by atoms with Crippen LogP contribution in [0.4, 0.5) is 4.39 Å². The lowest BCUT2D eigenvalue weighted by atomic mass is 10.1. The average Bonchev–Trinajstić information content (AvgIpc) is 2.47.